The average Bonchev–Trinajstić information content (AvgIpc) is 2.33. The first-order valence-corrected chi connectivity index (χ1v) is 4.75. The summed E-state index contributed by atoms with van der Waals surface area (Å²) in [6.07, 6.45) is 1.53. The van der Waals surface area contributed by atoms with Crippen LogP contribution in [0.2, 0.25) is 0 Å². The molecule has 2 aromatic rings. The molecule has 84 valence electrons. The van der Waals surface area contributed by atoms with Gasteiger partial charge in [0.25, 0.3) is 5.56 Å². The van der Waals surface area contributed by atoms with Crippen molar-refractivity contribution < 1.29 is 4.39 Å². The van der Waals surface area contributed by atoms with E-state index in [0.717, 1.165) is 6.07 Å². The number of aromatic nitrogens is 1. The minimum atomic E-state index is -0.670. The molecule has 0 saturated heterocycles. The molecule has 0 bridgehead atoms. The molecule has 0 radical (unpaired) electrons. The minimum Gasteiger partial charge on any atom is -0.284 e. The van der Waals surface area contributed by atoms with E-state index in [1.807, 2.05) is 0 Å². The average molecular weight is 230 g/mol. The first-order valence-electron chi connectivity index (χ1n) is 4.75. The maximum atomic E-state index is 13.5. The van der Waals surface area contributed by atoms with Gasteiger partial charge in [0.1, 0.15) is 5.82 Å². The van der Waals surface area contributed by atoms with Gasteiger partial charge in [-0.05, 0) is 29.8 Å². The highest BCUT2D eigenvalue weighted by Crippen LogP contribution is 2.20. The Balaban J connectivity index is 2.56. The van der Waals surface area contributed by atoms with Crippen molar-refractivity contribution in [3.05, 3.63) is 69.2 Å². The lowest BCUT2D eigenvalue weighted by molar-refractivity contribution is 0.628. The van der Waals surface area contributed by atoms with Crippen LogP contribution in [0.4, 0.5) is 10.1 Å². The maximum Gasteiger partial charge on any atom is 0.255 e. The molecule has 0 fully saturated rings. The topological polar surface area (TPSA) is 70.8 Å². The van der Waals surface area contributed by atoms with Crippen molar-refractivity contribution in [1.29, 1.82) is 0 Å². The van der Waals surface area contributed by atoms with Gasteiger partial charge >= 0.3 is 0 Å². The molecule has 6 heteroatoms. The summed E-state index contributed by atoms with van der Waals surface area (Å²) in [6.45, 7) is 0. The largest absolute Gasteiger partial charge is 0.284 e. The molecule has 0 amide bonds. The van der Waals surface area contributed by atoms with Crippen LogP contribution in [0.3, 0.4) is 0 Å². The van der Waals surface area contributed by atoms with Crippen LogP contribution in [0, 0.1) is 5.82 Å². The highest BCUT2D eigenvalue weighted by atomic mass is 19.1. The van der Waals surface area contributed by atoms with Gasteiger partial charge in [-0.1, -0.05) is 11.2 Å². The number of hydrogen-bond donors (Lipinski definition) is 0. The Bertz CT molecular complexity index is 659. The van der Waals surface area contributed by atoms with E-state index in [-0.39, 0.29) is 11.2 Å². The zero-order valence-corrected chi connectivity index (χ0v) is 8.62. The van der Waals surface area contributed by atoms with E-state index in [1.54, 1.807) is 12.1 Å². The van der Waals surface area contributed by atoms with Crippen LogP contribution >= 0.6 is 0 Å². The number of nitrogens with zero attached hydrogens (tertiary/aromatic N) is 4. The monoisotopic (exact) mass is 230 g/mol. The van der Waals surface area contributed by atoms with Crippen molar-refractivity contribution in [3.63, 3.8) is 0 Å². The van der Waals surface area contributed by atoms with E-state index in [9.17, 15) is 9.18 Å². The highest BCUT2D eigenvalue weighted by molar-refractivity contribution is 5.46. The number of hydrogen-bond acceptors (Lipinski definition) is 2. The number of azide groups is 1. The van der Waals surface area contributed by atoms with E-state index in [1.165, 1.54) is 29.0 Å². The van der Waals surface area contributed by atoms with Gasteiger partial charge in [-0.15, -0.1) is 0 Å². The summed E-state index contributed by atoms with van der Waals surface area (Å²) in [7, 11) is 0. The number of rotatable bonds is 2. The molecular weight excluding hydrogens is 223 g/mol. The van der Waals surface area contributed by atoms with Crippen LogP contribution in [-0.4, -0.2) is 4.57 Å². The van der Waals surface area contributed by atoms with E-state index in [4.69, 9.17) is 5.53 Å². The minimum absolute atomic E-state index is 0.0970. The summed E-state index contributed by atoms with van der Waals surface area (Å²) in [6, 6.07) is 8.62. The molecule has 0 unspecified atom stereocenters. The second-order valence-corrected chi connectivity index (χ2v) is 3.23. The van der Waals surface area contributed by atoms with Crippen molar-refractivity contribution in [2.75, 3.05) is 0 Å². The SMILES string of the molecule is [N-]=[N+]=Nc1ccc(-n2ccccc2=O)cc1F. The zero-order valence-electron chi connectivity index (χ0n) is 8.62. The highest BCUT2D eigenvalue weighted by Gasteiger charge is 2.03. The molecule has 0 aliphatic heterocycles. The lowest BCUT2D eigenvalue weighted by atomic mass is 10.2. The maximum absolute atomic E-state index is 13.5. The van der Waals surface area contributed by atoms with Crippen molar-refractivity contribution in [1.82, 2.24) is 4.57 Å². The normalized spacial score (nSPS) is 9.71. The molecule has 0 aliphatic carbocycles. The predicted molar refractivity (Wildman–Crippen MR) is 60.8 cm³/mol. The Morgan fingerprint density at radius 2 is 2.12 bits per heavy atom. The fourth-order valence-corrected chi connectivity index (χ4v) is 1.42. The van der Waals surface area contributed by atoms with Crippen LogP contribution in [0.25, 0.3) is 16.1 Å². The van der Waals surface area contributed by atoms with Crippen LogP contribution in [0.15, 0.2) is 52.5 Å². The van der Waals surface area contributed by atoms with E-state index in [2.05, 4.69) is 10.0 Å². The molecule has 0 saturated carbocycles. The Morgan fingerprint density at radius 3 is 2.76 bits per heavy atom. The Kier molecular flexibility index (Phi) is 2.89. The quantitative estimate of drug-likeness (QED) is 0.444. The molecule has 0 spiro atoms. The second-order valence-electron chi connectivity index (χ2n) is 3.23. The van der Waals surface area contributed by atoms with Crippen LogP contribution in [-0.2, 0) is 0 Å². The molecular formula is C11H7FN4O. The molecule has 0 N–H and O–H groups in total. The van der Waals surface area contributed by atoms with Gasteiger partial charge in [0, 0.05) is 17.2 Å². The Morgan fingerprint density at radius 1 is 1.29 bits per heavy atom. The van der Waals surface area contributed by atoms with Gasteiger partial charge in [-0.25, -0.2) is 4.39 Å². The molecule has 1 aromatic heterocycles. The van der Waals surface area contributed by atoms with Crippen LogP contribution < -0.4 is 5.56 Å². The second kappa shape index (κ2) is 4.51. The zero-order chi connectivity index (χ0) is 12.3. The Hall–Kier alpha value is -2.59. The standard InChI is InChI=1S/C11H7FN4O/c12-9-7-8(4-5-10(9)14-15-13)16-6-2-1-3-11(16)17/h1-7H. The third-order valence-electron chi connectivity index (χ3n) is 2.18. The van der Waals surface area contributed by atoms with Gasteiger partial charge < -0.3 is 0 Å². The van der Waals surface area contributed by atoms with Crippen LogP contribution in [0.1, 0.15) is 0 Å². The summed E-state index contributed by atoms with van der Waals surface area (Å²) in [5.74, 6) is -0.670. The fourth-order valence-electron chi connectivity index (χ4n) is 1.42. The lowest BCUT2D eigenvalue weighted by Gasteiger charge is -2.05. The molecule has 0 atom stereocenters. The molecule has 2 rings (SSSR count). The van der Waals surface area contributed by atoms with Gasteiger partial charge in [-0.2, -0.15) is 0 Å². The summed E-state index contributed by atoms with van der Waals surface area (Å²) in [4.78, 5) is 14.0. The summed E-state index contributed by atoms with van der Waals surface area (Å²) in [5.41, 5.74) is 8.23. The van der Waals surface area contributed by atoms with E-state index >= 15 is 0 Å². The van der Waals surface area contributed by atoms with Gasteiger partial charge in [0.2, 0.25) is 0 Å². The van der Waals surface area contributed by atoms with Gasteiger partial charge in [0.05, 0.1) is 11.4 Å². The predicted octanol–water partition coefficient (Wildman–Crippen LogP) is 2.92. The Labute approximate surface area is 95.4 Å². The molecule has 1 heterocycles. The third kappa shape index (κ3) is 2.16. The molecule has 17 heavy (non-hydrogen) atoms. The van der Waals surface area contributed by atoms with Gasteiger partial charge in [0.15, 0.2) is 0 Å². The number of pyridine rings is 1. The number of benzene rings is 1. The van der Waals surface area contributed by atoms with Crippen LogP contribution in [0.5, 0.6) is 0 Å². The van der Waals surface area contributed by atoms with Gasteiger partial charge in [-0.3, -0.25) is 9.36 Å². The summed E-state index contributed by atoms with van der Waals surface area (Å²) < 4.78 is 14.8. The first kappa shape index (κ1) is 10.9. The fraction of sp³-hybridized carbons (Fsp3) is 0. The van der Waals surface area contributed by atoms with Crippen molar-refractivity contribution in [2.45, 2.75) is 0 Å². The molecule has 1 aromatic carbocycles. The van der Waals surface area contributed by atoms with Crippen molar-refractivity contribution in [3.8, 4) is 5.69 Å². The molecule has 0 aliphatic rings. The van der Waals surface area contributed by atoms with E-state index < -0.39 is 5.82 Å². The van der Waals surface area contributed by atoms with Crippen molar-refractivity contribution in [2.24, 2.45) is 5.11 Å². The lowest BCUT2D eigenvalue weighted by Crippen LogP contribution is -2.15. The smallest absolute Gasteiger partial charge is 0.255 e. The summed E-state index contributed by atoms with van der Waals surface area (Å²) in [5, 5.41) is 3.18. The molecule has 5 nitrogen and oxygen atoms in total. The van der Waals surface area contributed by atoms with E-state index in [0.29, 0.717) is 5.69 Å². The number of halogens is 1. The first-order chi connectivity index (χ1) is 8.22. The van der Waals surface area contributed by atoms with Crippen molar-refractivity contribution >= 4 is 5.69 Å². The third-order valence-corrected chi connectivity index (χ3v) is 2.18. The summed E-state index contributed by atoms with van der Waals surface area (Å²) >= 11 is 0.